The molecule has 0 radical (unpaired) electrons. The predicted octanol–water partition coefficient (Wildman–Crippen LogP) is 3.20. The second kappa shape index (κ2) is 6.04. The zero-order valence-corrected chi connectivity index (χ0v) is 11.5. The summed E-state index contributed by atoms with van der Waals surface area (Å²) in [7, 11) is 0. The summed E-state index contributed by atoms with van der Waals surface area (Å²) >= 11 is 3.51. The van der Waals surface area contributed by atoms with Gasteiger partial charge in [0.05, 0.1) is 0 Å². The van der Waals surface area contributed by atoms with Crippen LogP contribution in [0, 0.1) is 11.8 Å². The van der Waals surface area contributed by atoms with E-state index in [2.05, 4.69) is 20.8 Å². The topological polar surface area (TPSA) is 20.3 Å². The number of nitrogens with zero attached hydrogens (tertiary/aromatic N) is 1. The van der Waals surface area contributed by atoms with E-state index in [1.807, 2.05) is 0 Å². The molecule has 2 fully saturated rings. The second-order valence-corrected chi connectivity index (χ2v) is 5.99. The Morgan fingerprint density at radius 1 is 1.19 bits per heavy atom. The zero-order valence-electron chi connectivity index (χ0n) is 9.96. The first-order valence-corrected chi connectivity index (χ1v) is 7.75. The van der Waals surface area contributed by atoms with Gasteiger partial charge < -0.3 is 4.90 Å². The summed E-state index contributed by atoms with van der Waals surface area (Å²) in [4.78, 5) is 14.0. The Morgan fingerprint density at radius 2 is 1.94 bits per heavy atom. The van der Waals surface area contributed by atoms with Crippen molar-refractivity contribution in [2.75, 3.05) is 18.4 Å². The van der Waals surface area contributed by atoms with Crippen LogP contribution in [0.2, 0.25) is 0 Å². The van der Waals surface area contributed by atoms with E-state index in [4.69, 9.17) is 0 Å². The van der Waals surface area contributed by atoms with Gasteiger partial charge in [-0.2, -0.15) is 0 Å². The summed E-state index contributed by atoms with van der Waals surface area (Å²) in [6, 6.07) is 0. The van der Waals surface area contributed by atoms with Crippen molar-refractivity contribution in [3.63, 3.8) is 0 Å². The van der Waals surface area contributed by atoms with Crippen LogP contribution >= 0.6 is 15.9 Å². The van der Waals surface area contributed by atoms with E-state index in [-0.39, 0.29) is 0 Å². The van der Waals surface area contributed by atoms with Gasteiger partial charge in [0.2, 0.25) is 5.91 Å². The lowest BCUT2D eigenvalue weighted by Crippen LogP contribution is -2.28. The third kappa shape index (κ3) is 3.22. The molecule has 1 aliphatic carbocycles. The zero-order chi connectivity index (χ0) is 11.4. The van der Waals surface area contributed by atoms with Crippen molar-refractivity contribution in [2.45, 2.75) is 44.9 Å². The lowest BCUT2D eigenvalue weighted by molar-refractivity contribution is -0.130. The maximum absolute atomic E-state index is 12.0. The van der Waals surface area contributed by atoms with Gasteiger partial charge in [-0.15, -0.1) is 0 Å². The van der Waals surface area contributed by atoms with Gasteiger partial charge in [0.25, 0.3) is 0 Å². The van der Waals surface area contributed by atoms with Gasteiger partial charge in [-0.1, -0.05) is 41.6 Å². The molecule has 92 valence electrons. The molecule has 1 amide bonds. The largest absolute Gasteiger partial charge is 0.342 e. The molecular weight excluding hydrogens is 266 g/mol. The Bertz CT molecular complexity index is 238. The molecule has 0 aromatic rings. The van der Waals surface area contributed by atoms with Crippen molar-refractivity contribution in [3.8, 4) is 0 Å². The van der Waals surface area contributed by atoms with Crippen molar-refractivity contribution >= 4 is 21.8 Å². The molecule has 1 unspecified atom stereocenters. The lowest BCUT2D eigenvalue weighted by Gasteiger charge is -2.17. The maximum atomic E-state index is 12.0. The highest BCUT2D eigenvalue weighted by atomic mass is 79.9. The first kappa shape index (κ1) is 12.4. The number of carbonyl (C=O) groups excluding carboxylic acids is 1. The summed E-state index contributed by atoms with van der Waals surface area (Å²) < 4.78 is 0. The molecule has 1 aliphatic heterocycles. The monoisotopic (exact) mass is 287 g/mol. The smallest absolute Gasteiger partial charge is 0.222 e. The molecule has 1 heterocycles. The van der Waals surface area contributed by atoms with E-state index in [1.165, 1.54) is 32.1 Å². The van der Waals surface area contributed by atoms with Crippen LogP contribution in [0.1, 0.15) is 44.9 Å². The van der Waals surface area contributed by atoms with E-state index < -0.39 is 0 Å². The van der Waals surface area contributed by atoms with Gasteiger partial charge in [0.1, 0.15) is 0 Å². The summed E-state index contributed by atoms with van der Waals surface area (Å²) in [5.41, 5.74) is 0. The number of alkyl halides is 1. The molecule has 0 bridgehead atoms. The quantitative estimate of drug-likeness (QED) is 0.727. The molecule has 2 rings (SSSR count). The van der Waals surface area contributed by atoms with Crippen LogP contribution < -0.4 is 0 Å². The normalized spacial score (nSPS) is 26.6. The van der Waals surface area contributed by atoms with E-state index in [0.717, 1.165) is 37.2 Å². The van der Waals surface area contributed by atoms with E-state index in [1.54, 1.807) is 0 Å². The molecule has 16 heavy (non-hydrogen) atoms. The van der Waals surface area contributed by atoms with Crippen LogP contribution in [0.4, 0.5) is 0 Å². The van der Waals surface area contributed by atoms with Crippen molar-refractivity contribution in [1.82, 2.24) is 4.90 Å². The van der Waals surface area contributed by atoms with Crippen LogP contribution in [-0.4, -0.2) is 29.2 Å². The van der Waals surface area contributed by atoms with E-state index in [9.17, 15) is 4.79 Å². The first-order chi connectivity index (χ1) is 7.79. The van der Waals surface area contributed by atoms with Crippen LogP contribution in [0.3, 0.4) is 0 Å². The molecular formula is C13H22BrNO. The van der Waals surface area contributed by atoms with E-state index >= 15 is 0 Å². The highest BCUT2D eigenvalue weighted by Crippen LogP contribution is 2.29. The van der Waals surface area contributed by atoms with Gasteiger partial charge in [-0.3, -0.25) is 4.79 Å². The highest BCUT2D eigenvalue weighted by molar-refractivity contribution is 9.09. The molecule has 0 aromatic heterocycles. The van der Waals surface area contributed by atoms with Gasteiger partial charge in [0.15, 0.2) is 0 Å². The van der Waals surface area contributed by atoms with Crippen LogP contribution in [0.15, 0.2) is 0 Å². The fraction of sp³-hybridized carbons (Fsp3) is 0.923. The van der Waals surface area contributed by atoms with Crippen LogP contribution in [0.25, 0.3) is 0 Å². The summed E-state index contributed by atoms with van der Waals surface area (Å²) in [5, 5.41) is 1.04. The number of hydrogen-bond donors (Lipinski definition) is 0. The average molecular weight is 288 g/mol. The Balaban J connectivity index is 1.67. The molecule has 3 heteroatoms. The Kier molecular flexibility index (Phi) is 4.68. The standard InChI is InChI=1S/C13H22BrNO/c14-9-12-7-8-15(10-12)13(16)6-5-11-3-1-2-4-11/h11-12H,1-10H2. The van der Waals surface area contributed by atoms with Crippen molar-refractivity contribution in [3.05, 3.63) is 0 Å². The molecule has 2 nitrogen and oxygen atoms in total. The summed E-state index contributed by atoms with van der Waals surface area (Å²) in [6.45, 7) is 1.97. The lowest BCUT2D eigenvalue weighted by atomic mass is 10.0. The molecule has 0 spiro atoms. The summed E-state index contributed by atoms with van der Waals surface area (Å²) in [5.74, 6) is 1.93. The molecule has 1 saturated heterocycles. The summed E-state index contributed by atoms with van der Waals surface area (Å²) in [6.07, 6.45) is 8.59. The Morgan fingerprint density at radius 3 is 2.56 bits per heavy atom. The molecule has 1 saturated carbocycles. The van der Waals surface area contributed by atoms with Crippen molar-refractivity contribution in [2.24, 2.45) is 11.8 Å². The van der Waals surface area contributed by atoms with Gasteiger partial charge in [-0.05, 0) is 24.7 Å². The van der Waals surface area contributed by atoms with E-state index in [0.29, 0.717) is 11.8 Å². The Hall–Kier alpha value is -0.0500. The first-order valence-electron chi connectivity index (χ1n) is 6.63. The van der Waals surface area contributed by atoms with Gasteiger partial charge in [-0.25, -0.2) is 0 Å². The van der Waals surface area contributed by atoms with Crippen LogP contribution in [-0.2, 0) is 4.79 Å². The predicted molar refractivity (Wildman–Crippen MR) is 69.7 cm³/mol. The molecule has 0 N–H and O–H groups in total. The second-order valence-electron chi connectivity index (χ2n) is 5.34. The minimum atomic E-state index is 0.398. The molecule has 0 aromatic carbocycles. The SMILES string of the molecule is O=C(CCC1CCCC1)N1CCC(CBr)C1. The third-order valence-corrected chi connectivity index (χ3v) is 5.01. The fourth-order valence-corrected chi connectivity index (χ4v) is 3.50. The molecule has 2 aliphatic rings. The number of carbonyl (C=O) groups is 1. The number of likely N-dealkylation sites (tertiary alicyclic amines) is 1. The Labute approximate surface area is 107 Å². The number of rotatable bonds is 4. The molecule has 1 atom stereocenters. The van der Waals surface area contributed by atoms with Crippen molar-refractivity contribution < 1.29 is 4.79 Å². The third-order valence-electron chi connectivity index (χ3n) is 4.10. The minimum absolute atomic E-state index is 0.398. The average Bonchev–Trinajstić information content (AvgIpc) is 2.96. The fourth-order valence-electron chi connectivity index (χ4n) is 2.97. The van der Waals surface area contributed by atoms with Crippen LogP contribution in [0.5, 0.6) is 0 Å². The minimum Gasteiger partial charge on any atom is -0.342 e. The van der Waals surface area contributed by atoms with Crippen molar-refractivity contribution in [1.29, 1.82) is 0 Å². The highest BCUT2D eigenvalue weighted by Gasteiger charge is 2.25. The number of halogens is 1. The maximum Gasteiger partial charge on any atom is 0.222 e. The van der Waals surface area contributed by atoms with Gasteiger partial charge >= 0.3 is 0 Å². The number of hydrogen-bond acceptors (Lipinski definition) is 1. The number of amides is 1. The van der Waals surface area contributed by atoms with Gasteiger partial charge in [0, 0.05) is 24.8 Å².